The van der Waals surface area contributed by atoms with E-state index in [4.69, 9.17) is 5.73 Å². The molecule has 0 bridgehead atoms. The van der Waals surface area contributed by atoms with Crippen molar-refractivity contribution < 1.29 is 17.9 Å². The van der Waals surface area contributed by atoms with Gasteiger partial charge in [-0.25, -0.2) is 4.79 Å². The number of benzene rings is 1. The normalized spacial score (nSPS) is 11.4. The number of ether oxygens (including phenoxy) is 1. The van der Waals surface area contributed by atoms with Gasteiger partial charge in [-0.2, -0.15) is 8.42 Å². The molecule has 0 aliphatic carbocycles. The Kier molecular flexibility index (Phi) is 4.47. The van der Waals surface area contributed by atoms with Crippen molar-refractivity contribution in [2.24, 2.45) is 0 Å². The van der Waals surface area contributed by atoms with Crippen molar-refractivity contribution in [1.29, 1.82) is 0 Å². The van der Waals surface area contributed by atoms with E-state index in [1.165, 1.54) is 19.2 Å². The molecule has 2 aromatic rings. The average Bonchev–Trinajstić information content (AvgIpc) is 2.84. The number of esters is 1. The van der Waals surface area contributed by atoms with E-state index in [9.17, 15) is 13.2 Å². The molecule has 2 N–H and O–H groups in total. The van der Waals surface area contributed by atoms with Gasteiger partial charge in [-0.3, -0.25) is 0 Å². The molecular weight excluding hydrogens is 326 g/mol. The standard InChI is InChI=1S/C13H15N3O4S2/c1-8-4-6-9(7-5-8)22(18,19)16-11(14)10(13(17)20-2)12(15-16)21-3/h4-7H,14H2,1-3H3. The topological polar surface area (TPSA) is 104 Å². The minimum atomic E-state index is -3.98. The molecule has 118 valence electrons. The van der Waals surface area contributed by atoms with E-state index in [1.807, 2.05) is 6.92 Å². The van der Waals surface area contributed by atoms with Crippen LogP contribution in [-0.4, -0.2) is 36.9 Å². The molecule has 9 heteroatoms. The van der Waals surface area contributed by atoms with Crippen molar-refractivity contribution >= 4 is 33.6 Å². The quantitative estimate of drug-likeness (QED) is 0.664. The Morgan fingerprint density at radius 1 is 1.32 bits per heavy atom. The van der Waals surface area contributed by atoms with Gasteiger partial charge in [0.25, 0.3) is 10.0 Å². The van der Waals surface area contributed by atoms with Gasteiger partial charge in [-0.1, -0.05) is 17.7 Å². The maximum absolute atomic E-state index is 12.6. The van der Waals surface area contributed by atoms with Crippen LogP contribution in [0.2, 0.25) is 0 Å². The molecule has 1 aromatic carbocycles. The summed E-state index contributed by atoms with van der Waals surface area (Å²) in [6.45, 7) is 1.85. The minimum absolute atomic E-state index is 0.0383. The zero-order valence-corrected chi connectivity index (χ0v) is 13.9. The molecule has 0 unspecified atom stereocenters. The average molecular weight is 341 g/mol. The number of carbonyl (C=O) groups excluding carboxylic acids is 1. The SMILES string of the molecule is COC(=O)c1c(SC)nn(S(=O)(=O)c2ccc(C)cc2)c1N. The minimum Gasteiger partial charge on any atom is -0.465 e. The van der Waals surface area contributed by atoms with E-state index in [0.29, 0.717) is 4.09 Å². The number of rotatable bonds is 4. The fourth-order valence-corrected chi connectivity index (χ4v) is 3.65. The summed E-state index contributed by atoms with van der Waals surface area (Å²) in [7, 11) is -2.79. The lowest BCUT2D eigenvalue weighted by atomic mass is 10.2. The fourth-order valence-electron chi connectivity index (χ4n) is 1.82. The molecule has 0 saturated carbocycles. The van der Waals surface area contributed by atoms with Crippen LogP contribution in [0.1, 0.15) is 15.9 Å². The zero-order valence-electron chi connectivity index (χ0n) is 12.2. The largest absolute Gasteiger partial charge is 0.465 e. The van der Waals surface area contributed by atoms with Gasteiger partial charge >= 0.3 is 5.97 Å². The molecule has 0 atom stereocenters. The van der Waals surface area contributed by atoms with Crippen LogP contribution in [0, 0.1) is 6.92 Å². The maximum Gasteiger partial charge on any atom is 0.344 e. The van der Waals surface area contributed by atoms with Crippen LogP contribution in [0.5, 0.6) is 0 Å². The van der Waals surface area contributed by atoms with Crippen molar-refractivity contribution in [3.05, 3.63) is 35.4 Å². The van der Waals surface area contributed by atoms with Crippen LogP contribution >= 0.6 is 11.8 Å². The molecule has 0 saturated heterocycles. The molecule has 0 spiro atoms. The number of hydrogen-bond acceptors (Lipinski definition) is 7. The van der Waals surface area contributed by atoms with E-state index < -0.39 is 16.0 Å². The maximum atomic E-state index is 12.6. The summed E-state index contributed by atoms with van der Waals surface area (Å²) in [6, 6.07) is 6.26. The van der Waals surface area contributed by atoms with Crippen molar-refractivity contribution in [2.75, 3.05) is 19.1 Å². The van der Waals surface area contributed by atoms with E-state index >= 15 is 0 Å². The molecule has 7 nitrogen and oxygen atoms in total. The van der Waals surface area contributed by atoms with Gasteiger partial charge in [0.05, 0.1) is 12.0 Å². The van der Waals surface area contributed by atoms with E-state index in [0.717, 1.165) is 17.3 Å². The third-order valence-corrected chi connectivity index (χ3v) is 5.26. The van der Waals surface area contributed by atoms with Gasteiger partial charge in [0.1, 0.15) is 10.6 Å². The van der Waals surface area contributed by atoms with Crippen molar-refractivity contribution in [2.45, 2.75) is 16.8 Å². The number of nitrogens with zero attached hydrogens (tertiary/aromatic N) is 2. The predicted molar refractivity (Wildman–Crippen MR) is 83.5 cm³/mol. The Hall–Kier alpha value is -2.00. The van der Waals surface area contributed by atoms with Crippen LogP contribution in [0.3, 0.4) is 0 Å². The third kappa shape index (κ3) is 2.69. The second kappa shape index (κ2) is 6.01. The second-order valence-corrected chi connectivity index (χ2v) is 6.98. The number of thioether (sulfide) groups is 1. The Labute approximate surface area is 132 Å². The van der Waals surface area contributed by atoms with Crippen molar-refractivity contribution in [1.82, 2.24) is 9.19 Å². The van der Waals surface area contributed by atoms with Gasteiger partial charge in [0, 0.05) is 0 Å². The van der Waals surface area contributed by atoms with Crippen LogP contribution in [-0.2, 0) is 14.8 Å². The Morgan fingerprint density at radius 3 is 2.41 bits per heavy atom. The summed E-state index contributed by atoms with van der Waals surface area (Å²) in [5.41, 5.74) is 6.69. The van der Waals surface area contributed by atoms with Crippen LogP contribution in [0.4, 0.5) is 5.82 Å². The first-order chi connectivity index (χ1) is 10.3. The molecule has 2 rings (SSSR count). The Balaban J connectivity index is 2.64. The first-order valence-electron chi connectivity index (χ1n) is 6.16. The lowest BCUT2D eigenvalue weighted by molar-refractivity contribution is 0.0598. The molecule has 0 aliphatic rings. The van der Waals surface area contributed by atoms with E-state index in [2.05, 4.69) is 9.84 Å². The van der Waals surface area contributed by atoms with Gasteiger partial charge in [0.15, 0.2) is 5.82 Å². The van der Waals surface area contributed by atoms with Crippen LogP contribution in [0.15, 0.2) is 34.2 Å². The summed E-state index contributed by atoms with van der Waals surface area (Å²) in [6.07, 6.45) is 1.66. The molecular formula is C13H15N3O4S2. The molecule has 0 radical (unpaired) electrons. The highest BCUT2D eigenvalue weighted by Crippen LogP contribution is 2.28. The van der Waals surface area contributed by atoms with Gasteiger partial charge in [0.2, 0.25) is 0 Å². The smallest absolute Gasteiger partial charge is 0.344 e. The highest BCUT2D eigenvalue weighted by atomic mass is 32.2. The van der Waals surface area contributed by atoms with Crippen LogP contribution in [0.25, 0.3) is 0 Å². The zero-order chi connectivity index (χ0) is 16.5. The summed E-state index contributed by atoms with van der Waals surface area (Å²) in [5, 5.41) is 4.13. The fraction of sp³-hybridized carbons (Fsp3) is 0.231. The van der Waals surface area contributed by atoms with Crippen molar-refractivity contribution in [3.63, 3.8) is 0 Å². The molecule has 0 amide bonds. The number of anilines is 1. The summed E-state index contributed by atoms with van der Waals surface area (Å²) in [4.78, 5) is 11.8. The predicted octanol–water partition coefficient (Wildman–Crippen LogP) is 1.52. The lowest BCUT2D eigenvalue weighted by Gasteiger charge is -2.06. The summed E-state index contributed by atoms with van der Waals surface area (Å²) in [5.74, 6) is -0.996. The Bertz CT molecular complexity index is 811. The van der Waals surface area contributed by atoms with E-state index in [1.54, 1.807) is 18.4 Å². The molecule has 1 heterocycles. The van der Waals surface area contributed by atoms with Gasteiger partial charge < -0.3 is 10.5 Å². The summed E-state index contributed by atoms with van der Waals surface area (Å²) < 4.78 is 30.5. The highest BCUT2D eigenvalue weighted by Gasteiger charge is 2.29. The van der Waals surface area contributed by atoms with E-state index in [-0.39, 0.29) is 21.3 Å². The third-order valence-electron chi connectivity index (χ3n) is 2.99. The lowest BCUT2D eigenvalue weighted by Crippen LogP contribution is -2.17. The first-order valence-corrected chi connectivity index (χ1v) is 8.82. The van der Waals surface area contributed by atoms with Crippen molar-refractivity contribution in [3.8, 4) is 0 Å². The van der Waals surface area contributed by atoms with Gasteiger partial charge in [-0.05, 0) is 25.3 Å². The molecule has 0 fully saturated rings. The number of carbonyl (C=O) groups is 1. The number of methoxy groups -OCH3 is 1. The number of aromatic nitrogens is 2. The highest BCUT2D eigenvalue weighted by molar-refractivity contribution is 7.98. The number of hydrogen-bond donors (Lipinski definition) is 1. The van der Waals surface area contributed by atoms with Gasteiger partial charge in [-0.15, -0.1) is 20.9 Å². The molecule has 1 aromatic heterocycles. The molecule has 22 heavy (non-hydrogen) atoms. The number of nitrogens with two attached hydrogens (primary N) is 1. The summed E-state index contributed by atoms with van der Waals surface area (Å²) >= 11 is 1.11. The van der Waals surface area contributed by atoms with Crippen LogP contribution < -0.4 is 5.73 Å². The monoisotopic (exact) mass is 341 g/mol. The first kappa shape index (κ1) is 16.4. The Morgan fingerprint density at radius 2 is 1.91 bits per heavy atom. The molecule has 0 aliphatic heterocycles. The number of aryl methyl sites for hydroxylation is 1. The number of nitrogen functional groups attached to an aromatic ring is 1. The second-order valence-electron chi connectivity index (χ2n) is 4.42.